The normalized spacial score (nSPS) is 19.5. The molecule has 1 fully saturated rings. The quantitative estimate of drug-likeness (QED) is 0.941. The van der Waals surface area contributed by atoms with Gasteiger partial charge in [0.1, 0.15) is 0 Å². The van der Waals surface area contributed by atoms with Gasteiger partial charge in [0.15, 0.2) is 0 Å². The molecule has 1 aromatic heterocycles. The van der Waals surface area contributed by atoms with Crippen LogP contribution in [0.5, 0.6) is 0 Å². The van der Waals surface area contributed by atoms with E-state index in [0.29, 0.717) is 0 Å². The fraction of sp³-hybridized carbons (Fsp3) is 0.316. The van der Waals surface area contributed by atoms with Crippen molar-refractivity contribution in [2.45, 2.75) is 25.9 Å². The summed E-state index contributed by atoms with van der Waals surface area (Å²) in [6.45, 7) is 4.07. The zero-order valence-electron chi connectivity index (χ0n) is 13.1. The van der Waals surface area contributed by atoms with Crippen molar-refractivity contribution in [2.24, 2.45) is 5.73 Å². The third-order valence-electron chi connectivity index (χ3n) is 4.25. The van der Waals surface area contributed by atoms with E-state index in [0.717, 1.165) is 25.2 Å². The van der Waals surface area contributed by atoms with Crippen LogP contribution in [-0.4, -0.2) is 29.1 Å². The largest absolute Gasteiger partial charge is 0.316 e. The van der Waals surface area contributed by atoms with E-state index in [1.165, 1.54) is 23.1 Å². The van der Waals surface area contributed by atoms with Crippen molar-refractivity contribution in [3.63, 3.8) is 0 Å². The minimum absolute atomic E-state index is 0.194. The van der Waals surface area contributed by atoms with E-state index in [-0.39, 0.29) is 6.17 Å². The first kappa shape index (κ1) is 14.9. The van der Waals surface area contributed by atoms with Crippen LogP contribution in [0.15, 0.2) is 54.7 Å². The highest BCUT2D eigenvalue weighted by atomic mass is 15.2. The molecule has 114 valence electrons. The van der Waals surface area contributed by atoms with Crippen molar-refractivity contribution in [3.8, 4) is 0 Å². The van der Waals surface area contributed by atoms with Crippen molar-refractivity contribution in [2.75, 3.05) is 13.1 Å². The smallest absolute Gasteiger partial charge is 0.0705 e. The van der Waals surface area contributed by atoms with E-state index in [4.69, 9.17) is 5.73 Å². The first-order valence-electron chi connectivity index (χ1n) is 7.92. The fourth-order valence-corrected chi connectivity index (χ4v) is 2.91. The Balaban J connectivity index is 1.90. The lowest BCUT2D eigenvalue weighted by Gasteiger charge is -2.19. The van der Waals surface area contributed by atoms with Crippen LogP contribution in [0.1, 0.15) is 29.7 Å². The van der Waals surface area contributed by atoms with E-state index in [1.54, 1.807) is 0 Å². The van der Waals surface area contributed by atoms with Crippen molar-refractivity contribution in [1.29, 1.82) is 0 Å². The van der Waals surface area contributed by atoms with Gasteiger partial charge in [-0.05, 0) is 37.5 Å². The predicted molar refractivity (Wildman–Crippen MR) is 91.3 cm³/mol. The molecule has 1 atom stereocenters. The lowest BCUT2D eigenvalue weighted by molar-refractivity contribution is 0.287. The summed E-state index contributed by atoms with van der Waals surface area (Å²) in [5, 5.41) is 0. The van der Waals surface area contributed by atoms with Crippen molar-refractivity contribution < 1.29 is 0 Å². The average Bonchev–Trinajstić information content (AvgIpc) is 2.96. The second-order valence-corrected chi connectivity index (χ2v) is 5.90. The van der Waals surface area contributed by atoms with E-state index < -0.39 is 0 Å². The maximum Gasteiger partial charge on any atom is 0.0705 e. The predicted octanol–water partition coefficient (Wildman–Crippen LogP) is 3.20. The fourth-order valence-electron chi connectivity index (χ4n) is 2.91. The first-order valence-corrected chi connectivity index (χ1v) is 7.92. The maximum absolute atomic E-state index is 6.14. The van der Waals surface area contributed by atoms with E-state index in [9.17, 15) is 0 Å². The van der Waals surface area contributed by atoms with Crippen molar-refractivity contribution in [3.05, 3.63) is 71.6 Å². The van der Waals surface area contributed by atoms with Crippen LogP contribution in [0.25, 0.3) is 5.57 Å². The van der Waals surface area contributed by atoms with Gasteiger partial charge in [-0.3, -0.25) is 9.88 Å². The molecule has 3 heteroatoms. The maximum atomic E-state index is 6.14. The third kappa shape index (κ3) is 3.43. The molecule has 1 saturated heterocycles. The van der Waals surface area contributed by atoms with Gasteiger partial charge in [-0.25, -0.2) is 0 Å². The number of aromatic nitrogens is 1. The molecule has 0 radical (unpaired) electrons. The summed E-state index contributed by atoms with van der Waals surface area (Å²) in [6, 6.07) is 14.7. The minimum Gasteiger partial charge on any atom is -0.316 e. The second kappa shape index (κ2) is 6.86. The molecule has 1 aromatic carbocycles. The van der Waals surface area contributed by atoms with Gasteiger partial charge >= 0.3 is 0 Å². The van der Waals surface area contributed by atoms with Gasteiger partial charge in [0.2, 0.25) is 0 Å². The number of nitrogens with zero attached hydrogens (tertiary/aromatic N) is 2. The van der Waals surface area contributed by atoms with E-state index in [2.05, 4.69) is 53.2 Å². The molecule has 3 nitrogen and oxygen atoms in total. The highest BCUT2D eigenvalue weighted by Crippen LogP contribution is 2.23. The highest BCUT2D eigenvalue weighted by molar-refractivity contribution is 5.78. The average molecular weight is 293 g/mol. The number of hydrogen-bond donors (Lipinski definition) is 1. The van der Waals surface area contributed by atoms with Crippen molar-refractivity contribution >= 4 is 5.57 Å². The number of pyridine rings is 1. The Hall–Kier alpha value is -1.97. The Morgan fingerprint density at radius 3 is 2.73 bits per heavy atom. The molecular formula is C19H23N3. The summed E-state index contributed by atoms with van der Waals surface area (Å²) in [4.78, 5) is 6.85. The van der Waals surface area contributed by atoms with Gasteiger partial charge in [0.05, 0.1) is 11.9 Å². The lowest BCUT2D eigenvalue weighted by atomic mass is 10.0. The summed E-state index contributed by atoms with van der Waals surface area (Å²) in [5.74, 6) is 0. The summed E-state index contributed by atoms with van der Waals surface area (Å²) < 4.78 is 0. The van der Waals surface area contributed by atoms with Crippen molar-refractivity contribution in [1.82, 2.24) is 9.88 Å². The molecule has 1 aliphatic rings. The van der Waals surface area contributed by atoms with Gasteiger partial charge in [-0.15, -0.1) is 0 Å². The number of hydrogen-bond acceptors (Lipinski definition) is 3. The molecule has 1 unspecified atom stereocenters. The molecule has 2 N–H and O–H groups in total. The monoisotopic (exact) mass is 293 g/mol. The van der Waals surface area contributed by atoms with Crippen LogP contribution in [0, 0.1) is 6.92 Å². The molecule has 0 amide bonds. The second-order valence-electron chi connectivity index (χ2n) is 5.90. The Kier molecular flexibility index (Phi) is 4.66. The Labute approximate surface area is 132 Å². The number of benzene rings is 1. The number of nitrogens with two attached hydrogens (primary N) is 1. The van der Waals surface area contributed by atoms with Crippen LogP contribution in [0.4, 0.5) is 0 Å². The Morgan fingerprint density at radius 2 is 2.09 bits per heavy atom. The van der Waals surface area contributed by atoms with Crippen LogP contribution in [0.3, 0.4) is 0 Å². The SMILES string of the molecule is Cc1ccc(/C(=C\CN2CCCC2N)c2ccccn2)cc1. The number of likely N-dealkylation sites (tertiary alicyclic amines) is 1. The Morgan fingerprint density at radius 1 is 1.27 bits per heavy atom. The topological polar surface area (TPSA) is 42.1 Å². The molecule has 1 aliphatic heterocycles. The van der Waals surface area contributed by atoms with Crippen LogP contribution in [0.2, 0.25) is 0 Å². The first-order chi connectivity index (χ1) is 10.7. The molecule has 3 rings (SSSR count). The molecule has 0 spiro atoms. The van der Waals surface area contributed by atoms with Gasteiger partial charge in [0.25, 0.3) is 0 Å². The van der Waals surface area contributed by atoms with E-state index >= 15 is 0 Å². The Bertz CT molecular complexity index is 631. The van der Waals surface area contributed by atoms with Crippen LogP contribution < -0.4 is 5.73 Å². The minimum atomic E-state index is 0.194. The van der Waals surface area contributed by atoms with Crippen LogP contribution in [-0.2, 0) is 0 Å². The molecule has 22 heavy (non-hydrogen) atoms. The summed E-state index contributed by atoms with van der Waals surface area (Å²) in [6.07, 6.45) is 6.59. The molecule has 2 heterocycles. The third-order valence-corrected chi connectivity index (χ3v) is 4.25. The zero-order chi connectivity index (χ0) is 15.4. The van der Waals surface area contributed by atoms with Gasteiger partial charge in [-0.2, -0.15) is 0 Å². The molecular weight excluding hydrogens is 270 g/mol. The number of aryl methyl sites for hydroxylation is 1. The lowest BCUT2D eigenvalue weighted by Crippen LogP contribution is -2.36. The van der Waals surface area contributed by atoms with Crippen LogP contribution >= 0.6 is 0 Å². The summed E-state index contributed by atoms with van der Waals surface area (Å²) >= 11 is 0. The molecule has 0 saturated carbocycles. The summed E-state index contributed by atoms with van der Waals surface area (Å²) in [7, 11) is 0. The van der Waals surface area contributed by atoms with Gasteiger partial charge in [0, 0.05) is 24.9 Å². The molecule has 0 bridgehead atoms. The van der Waals surface area contributed by atoms with Gasteiger partial charge < -0.3 is 5.73 Å². The number of rotatable bonds is 4. The zero-order valence-corrected chi connectivity index (χ0v) is 13.1. The van der Waals surface area contributed by atoms with E-state index in [1.807, 2.05) is 18.3 Å². The standard InChI is InChI=1S/C19H23N3/c1-15-7-9-16(10-8-15)17(18-5-2-3-12-21-18)11-14-22-13-4-6-19(22)20/h2-3,5,7-12,19H,4,6,13-14,20H2,1H3/b17-11+. The summed E-state index contributed by atoms with van der Waals surface area (Å²) in [5.41, 5.74) is 10.8. The highest BCUT2D eigenvalue weighted by Gasteiger charge is 2.19. The van der Waals surface area contributed by atoms with Gasteiger partial charge in [-0.1, -0.05) is 42.0 Å². The molecule has 2 aromatic rings. The molecule has 0 aliphatic carbocycles.